The van der Waals surface area contributed by atoms with E-state index in [-0.39, 0.29) is 0 Å². The fourth-order valence-corrected chi connectivity index (χ4v) is 2.22. The number of benzene rings is 1. The monoisotopic (exact) mass is 279 g/mol. The molecule has 20 heavy (non-hydrogen) atoms. The van der Waals surface area contributed by atoms with Crippen molar-refractivity contribution >= 4 is 5.57 Å². The van der Waals surface area contributed by atoms with E-state index in [4.69, 9.17) is 10.0 Å². The van der Waals surface area contributed by atoms with Crippen LogP contribution in [0.1, 0.15) is 30.9 Å². The lowest BCUT2D eigenvalue weighted by Crippen LogP contribution is -2.43. The van der Waals surface area contributed by atoms with Crippen LogP contribution in [0.25, 0.3) is 5.57 Å². The third-order valence-corrected chi connectivity index (χ3v) is 3.41. The highest BCUT2D eigenvalue weighted by Crippen LogP contribution is 2.23. The molecule has 0 fully saturated rings. The summed E-state index contributed by atoms with van der Waals surface area (Å²) in [6.07, 6.45) is 4.32. The van der Waals surface area contributed by atoms with Crippen molar-refractivity contribution in [1.29, 1.82) is 0 Å². The minimum absolute atomic E-state index is 0.420. The van der Waals surface area contributed by atoms with Crippen LogP contribution < -0.4 is 5.64 Å². The van der Waals surface area contributed by atoms with Gasteiger partial charge in [0.05, 0.1) is 20.6 Å². The van der Waals surface area contributed by atoms with E-state index in [1.165, 1.54) is 16.7 Å². The van der Waals surface area contributed by atoms with Crippen molar-refractivity contribution in [2.75, 3.05) is 27.4 Å². The van der Waals surface area contributed by atoms with Gasteiger partial charge in [-0.05, 0) is 30.0 Å². The number of nitrogens with one attached hydrogen (secondary N) is 1. The Balaban J connectivity index is 2.75. The number of allylic oxidation sites excluding steroid dienone is 1. The number of rotatable bonds is 8. The minimum Gasteiger partial charge on any atom is -0.304 e. The van der Waals surface area contributed by atoms with Crippen LogP contribution >= 0.6 is 0 Å². The maximum absolute atomic E-state index is 8.51. The number of quaternary nitrogens is 1. The summed E-state index contributed by atoms with van der Waals surface area (Å²) >= 11 is 0. The smallest absolute Gasteiger partial charge is 0.204 e. The second kappa shape index (κ2) is 8.17. The average molecular weight is 279 g/mol. The maximum Gasteiger partial charge on any atom is 0.204 e. The molecule has 0 atom stereocenters. The van der Waals surface area contributed by atoms with Crippen molar-refractivity contribution < 1.29 is 14.5 Å². The van der Waals surface area contributed by atoms with Crippen LogP contribution in [-0.4, -0.2) is 37.1 Å². The van der Waals surface area contributed by atoms with Crippen LogP contribution in [0.15, 0.2) is 30.3 Å². The van der Waals surface area contributed by atoms with E-state index in [9.17, 15) is 0 Å². The molecule has 0 unspecified atom stereocenters. The van der Waals surface area contributed by atoms with Gasteiger partial charge in [-0.25, -0.2) is 4.84 Å². The fourth-order valence-electron chi connectivity index (χ4n) is 2.22. The third kappa shape index (κ3) is 5.43. The molecule has 112 valence electrons. The van der Waals surface area contributed by atoms with Crippen molar-refractivity contribution in [2.24, 2.45) is 0 Å². The van der Waals surface area contributed by atoms with Crippen molar-refractivity contribution in [1.82, 2.24) is 5.64 Å². The van der Waals surface area contributed by atoms with Crippen molar-refractivity contribution in [2.45, 2.75) is 26.7 Å². The molecule has 1 rings (SSSR count). The predicted octanol–water partition coefficient (Wildman–Crippen LogP) is 3.12. The van der Waals surface area contributed by atoms with Gasteiger partial charge >= 0.3 is 0 Å². The lowest BCUT2D eigenvalue weighted by Gasteiger charge is -2.29. The summed E-state index contributed by atoms with van der Waals surface area (Å²) in [6, 6.07) is 8.49. The third-order valence-electron chi connectivity index (χ3n) is 3.41. The van der Waals surface area contributed by atoms with Gasteiger partial charge in [0.25, 0.3) is 0 Å². The summed E-state index contributed by atoms with van der Waals surface area (Å²) in [5.41, 5.74) is 5.77. The molecule has 2 N–H and O–H groups in total. The molecule has 0 radical (unpaired) electrons. The number of aryl methyl sites for hydroxylation is 1. The highest BCUT2D eigenvalue weighted by molar-refractivity contribution is 5.68. The molecule has 1 aromatic carbocycles. The lowest BCUT2D eigenvalue weighted by atomic mass is 9.97. The van der Waals surface area contributed by atoms with Gasteiger partial charge < -0.3 is 4.48 Å². The van der Waals surface area contributed by atoms with Gasteiger partial charge in [0.1, 0.15) is 0 Å². The Kier molecular flexibility index (Phi) is 6.88. The van der Waals surface area contributed by atoms with Crippen LogP contribution in [0.4, 0.5) is 0 Å². The molecule has 0 aliphatic rings. The second-order valence-electron chi connectivity index (χ2n) is 5.73. The van der Waals surface area contributed by atoms with Crippen molar-refractivity contribution in [3.8, 4) is 0 Å². The predicted molar refractivity (Wildman–Crippen MR) is 81.9 cm³/mol. The van der Waals surface area contributed by atoms with Gasteiger partial charge in [-0.2, -0.15) is 0 Å². The molecular weight excluding hydrogens is 252 g/mol. The van der Waals surface area contributed by atoms with Gasteiger partial charge in [-0.1, -0.05) is 42.9 Å². The van der Waals surface area contributed by atoms with Crippen LogP contribution in [0, 0.1) is 6.92 Å². The zero-order valence-electron chi connectivity index (χ0n) is 13.0. The zero-order valence-corrected chi connectivity index (χ0v) is 13.0. The molecule has 0 spiro atoms. The maximum atomic E-state index is 8.51. The molecule has 4 nitrogen and oxygen atoms in total. The highest BCUT2D eigenvalue weighted by Gasteiger charge is 2.17. The lowest BCUT2D eigenvalue weighted by molar-refractivity contribution is -0.912. The molecule has 0 bridgehead atoms. The molecule has 0 saturated heterocycles. The van der Waals surface area contributed by atoms with Gasteiger partial charge in [0.2, 0.25) is 6.73 Å². The van der Waals surface area contributed by atoms with E-state index in [0.717, 1.165) is 19.4 Å². The summed E-state index contributed by atoms with van der Waals surface area (Å²) < 4.78 is 0.681. The zero-order chi connectivity index (χ0) is 15.0. The molecule has 0 heterocycles. The first-order chi connectivity index (χ1) is 9.50. The summed E-state index contributed by atoms with van der Waals surface area (Å²) in [7, 11) is 4.16. The van der Waals surface area contributed by atoms with E-state index >= 15 is 0 Å². The van der Waals surface area contributed by atoms with Crippen LogP contribution in [-0.2, 0) is 4.84 Å². The first-order valence-corrected chi connectivity index (χ1v) is 7.08. The molecule has 0 aliphatic carbocycles. The Hall–Kier alpha value is -1.20. The topological polar surface area (TPSA) is 41.5 Å². The first-order valence-electron chi connectivity index (χ1n) is 7.08. The Morgan fingerprint density at radius 2 is 2.05 bits per heavy atom. The SMILES string of the molecule is CC/C=C(/CC[N+](C)(C)CONO)c1ccccc1C. The van der Waals surface area contributed by atoms with E-state index in [1.54, 1.807) is 5.64 Å². The van der Waals surface area contributed by atoms with Crippen LogP contribution in [0.3, 0.4) is 0 Å². The first kappa shape index (κ1) is 16.9. The van der Waals surface area contributed by atoms with Crippen LogP contribution in [0.2, 0.25) is 0 Å². The van der Waals surface area contributed by atoms with Gasteiger partial charge in [-0.15, -0.1) is 0 Å². The van der Waals surface area contributed by atoms with E-state index in [0.29, 0.717) is 11.2 Å². The molecule has 1 aromatic rings. The Bertz CT molecular complexity index is 442. The molecular formula is C16H27N2O2+. The van der Waals surface area contributed by atoms with Crippen molar-refractivity contribution in [3.63, 3.8) is 0 Å². The summed E-state index contributed by atoms with van der Waals surface area (Å²) in [4.78, 5) is 4.88. The standard InChI is InChI=1S/C16H27N2O2/c1-5-8-15(16-10-7-6-9-14(16)2)11-12-18(3,4)13-20-17-19/h6-10,17,19H,5,11-13H2,1-4H3/q+1/b15-8-. The number of hydrogen-bond donors (Lipinski definition) is 2. The minimum atomic E-state index is 0.420. The Morgan fingerprint density at radius 3 is 2.65 bits per heavy atom. The Labute approximate surface area is 122 Å². The van der Waals surface area contributed by atoms with Gasteiger partial charge in [0.15, 0.2) is 0 Å². The van der Waals surface area contributed by atoms with Gasteiger partial charge in [-0.3, -0.25) is 5.21 Å². The Morgan fingerprint density at radius 1 is 1.35 bits per heavy atom. The molecule has 0 amide bonds. The van der Waals surface area contributed by atoms with E-state index in [2.05, 4.69) is 58.3 Å². The van der Waals surface area contributed by atoms with Gasteiger partial charge in [0, 0.05) is 6.42 Å². The molecule has 4 heteroatoms. The molecule has 0 aliphatic heterocycles. The molecule has 0 aromatic heterocycles. The largest absolute Gasteiger partial charge is 0.304 e. The highest BCUT2D eigenvalue weighted by atomic mass is 16.8. The quantitative estimate of drug-likeness (QED) is 0.436. The summed E-state index contributed by atoms with van der Waals surface area (Å²) in [5.74, 6) is 0. The second-order valence-corrected chi connectivity index (χ2v) is 5.73. The molecule has 0 saturated carbocycles. The summed E-state index contributed by atoms with van der Waals surface area (Å²) in [5, 5.41) is 8.51. The van der Waals surface area contributed by atoms with E-state index < -0.39 is 0 Å². The number of hydrogen-bond acceptors (Lipinski definition) is 3. The normalized spacial score (nSPS) is 12.8. The van der Waals surface area contributed by atoms with E-state index in [1.807, 2.05) is 0 Å². The fraction of sp³-hybridized carbons (Fsp3) is 0.500. The number of nitrogens with zero attached hydrogens (tertiary/aromatic N) is 1. The summed E-state index contributed by atoms with van der Waals surface area (Å²) in [6.45, 7) is 5.68. The average Bonchev–Trinajstić information content (AvgIpc) is 2.42. The van der Waals surface area contributed by atoms with Crippen LogP contribution in [0.5, 0.6) is 0 Å². The van der Waals surface area contributed by atoms with Crippen molar-refractivity contribution in [3.05, 3.63) is 41.5 Å².